The van der Waals surface area contributed by atoms with E-state index in [-0.39, 0.29) is 19.1 Å². The fraction of sp³-hybridized carbons (Fsp3) is 0.900. The lowest BCUT2D eigenvalue weighted by Gasteiger charge is -2.14. The van der Waals surface area contributed by atoms with Crippen molar-refractivity contribution < 1.29 is 24.1 Å². The van der Waals surface area contributed by atoms with Crippen molar-refractivity contribution in [1.29, 1.82) is 0 Å². The molecule has 0 aromatic heterocycles. The van der Waals surface area contributed by atoms with Gasteiger partial charge in [0.1, 0.15) is 6.10 Å². The molecule has 0 radical (unpaired) electrons. The maximum atomic E-state index is 11.2. The first-order chi connectivity index (χ1) is 7.10. The zero-order valence-electron chi connectivity index (χ0n) is 9.56. The molecular formula is C10H20O5. The van der Waals surface area contributed by atoms with Crippen LogP contribution in [0.5, 0.6) is 0 Å². The Bertz CT molecular complexity index is 171. The molecule has 0 amide bonds. The normalized spacial score (nSPS) is 14.7. The molecule has 0 rings (SSSR count). The number of ether oxygens (including phenoxy) is 3. The Morgan fingerprint density at radius 3 is 2.60 bits per heavy atom. The number of esters is 1. The third kappa shape index (κ3) is 8.35. The maximum Gasteiger partial charge on any atom is 0.308 e. The molecule has 0 heterocycles. The SMILES string of the molecule is CCOCC(O)CC(=O)OC(C)COC. The molecule has 0 aromatic rings. The number of hydrogen-bond acceptors (Lipinski definition) is 5. The van der Waals surface area contributed by atoms with Gasteiger partial charge in [-0.3, -0.25) is 4.79 Å². The molecule has 0 bridgehead atoms. The van der Waals surface area contributed by atoms with Gasteiger partial charge in [0, 0.05) is 13.7 Å². The smallest absolute Gasteiger partial charge is 0.308 e. The summed E-state index contributed by atoms with van der Waals surface area (Å²) in [6.45, 7) is 4.59. The van der Waals surface area contributed by atoms with Crippen LogP contribution < -0.4 is 0 Å². The predicted octanol–water partition coefficient (Wildman–Crippen LogP) is 0.352. The van der Waals surface area contributed by atoms with Crippen molar-refractivity contribution in [3.63, 3.8) is 0 Å². The molecule has 15 heavy (non-hydrogen) atoms. The number of aliphatic hydroxyl groups is 1. The average Bonchev–Trinajstić information content (AvgIpc) is 2.14. The van der Waals surface area contributed by atoms with Crippen LogP contribution in [-0.4, -0.2) is 50.2 Å². The summed E-state index contributed by atoms with van der Waals surface area (Å²) in [6, 6.07) is 0. The second-order valence-corrected chi connectivity index (χ2v) is 3.27. The van der Waals surface area contributed by atoms with Crippen molar-refractivity contribution >= 4 is 5.97 Å². The van der Waals surface area contributed by atoms with Crippen LogP contribution >= 0.6 is 0 Å². The molecule has 0 aliphatic carbocycles. The quantitative estimate of drug-likeness (QED) is 0.598. The molecule has 0 fully saturated rings. The summed E-state index contributed by atoms with van der Waals surface area (Å²) in [7, 11) is 1.54. The minimum Gasteiger partial charge on any atom is -0.460 e. The number of methoxy groups -OCH3 is 1. The molecule has 2 unspecified atom stereocenters. The van der Waals surface area contributed by atoms with Gasteiger partial charge in [0.25, 0.3) is 0 Å². The van der Waals surface area contributed by atoms with E-state index in [0.29, 0.717) is 13.2 Å². The minimum atomic E-state index is -0.799. The monoisotopic (exact) mass is 220 g/mol. The van der Waals surface area contributed by atoms with Gasteiger partial charge in [-0.05, 0) is 13.8 Å². The molecule has 0 aliphatic heterocycles. The van der Waals surface area contributed by atoms with Crippen LogP contribution in [0, 0.1) is 0 Å². The van der Waals surface area contributed by atoms with E-state index in [9.17, 15) is 9.90 Å². The highest BCUT2D eigenvalue weighted by Crippen LogP contribution is 1.99. The van der Waals surface area contributed by atoms with Gasteiger partial charge in [0.05, 0.1) is 25.7 Å². The van der Waals surface area contributed by atoms with Gasteiger partial charge < -0.3 is 19.3 Å². The Morgan fingerprint density at radius 2 is 2.07 bits per heavy atom. The largest absolute Gasteiger partial charge is 0.460 e. The highest BCUT2D eigenvalue weighted by atomic mass is 16.6. The molecule has 0 aliphatic rings. The topological polar surface area (TPSA) is 65.0 Å². The fourth-order valence-corrected chi connectivity index (χ4v) is 1.05. The van der Waals surface area contributed by atoms with Gasteiger partial charge in [-0.1, -0.05) is 0 Å². The summed E-state index contributed by atoms with van der Waals surface area (Å²) in [4.78, 5) is 11.2. The first kappa shape index (κ1) is 14.3. The Kier molecular flexibility index (Phi) is 8.27. The van der Waals surface area contributed by atoms with E-state index in [4.69, 9.17) is 14.2 Å². The van der Waals surface area contributed by atoms with Crippen LogP contribution in [0.3, 0.4) is 0 Å². The lowest BCUT2D eigenvalue weighted by atomic mass is 10.3. The number of rotatable bonds is 8. The zero-order valence-corrected chi connectivity index (χ0v) is 9.56. The second-order valence-electron chi connectivity index (χ2n) is 3.27. The van der Waals surface area contributed by atoms with Gasteiger partial charge in [-0.15, -0.1) is 0 Å². The van der Waals surface area contributed by atoms with Crippen molar-refractivity contribution in [1.82, 2.24) is 0 Å². The third-order valence-electron chi connectivity index (χ3n) is 1.65. The van der Waals surface area contributed by atoms with Gasteiger partial charge in [-0.2, -0.15) is 0 Å². The third-order valence-corrected chi connectivity index (χ3v) is 1.65. The first-order valence-corrected chi connectivity index (χ1v) is 5.04. The fourth-order valence-electron chi connectivity index (χ4n) is 1.05. The molecule has 90 valence electrons. The van der Waals surface area contributed by atoms with Crippen molar-refractivity contribution in [2.45, 2.75) is 32.5 Å². The highest BCUT2D eigenvalue weighted by molar-refractivity contribution is 5.70. The predicted molar refractivity (Wildman–Crippen MR) is 54.5 cm³/mol. The minimum absolute atomic E-state index is 0.0476. The van der Waals surface area contributed by atoms with E-state index in [1.165, 1.54) is 7.11 Å². The standard InChI is InChI=1S/C10H20O5/c1-4-14-7-9(11)5-10(12)15-8(2)6-13-3/h8-9,11H,4-7H2,1-3H3. The van der Waals surface area contributed by atoms with E-state index >= 15 is 0 Å². The molecular weight excluding hydrogens is 200 g/mol. The van der Waals surface area contributed by atoms with E-state index in [0.717, 1.165) is 0 Å². The molecule has 5 heteroatoms. The van der Waals surface area contributed by atoms with Crippen LogP contribution in [0.15, 0.2) is 0 Å². The van der Waals surface area contributed by atoms with Crippen molar-refractivity contribution in [2.75, 3.05) is 26.9 Å². The van der Waals surface area contributed by atoms with Crippen molar-refractivity contribution in [3.8, 4) is 0 Å². The first-order valence-electron chi connectivity index (χ1n) is 5.04. The molecule has 0 aromatic carbocycles. The number of aliphatic hydroxyl groups excluding tert-OH is 1. The molecule has 5 nitrogen and oxygen atoms in total. The summed E-state index contributed by atoms with van der Waals surface area (Å²) in [5.41, 5.74) is 0. The van der Waals surface area contributed by atoms with Crippen LogP contribution in [0.1, 0.15) is 20.3 Å². The van der Waals surface area contributed by atoms with E-state index in [1.807, 2.05) is 6.92 Å². The lowest BCUT2D eigenvalue weighted by molar-refractivity contribution is -0.153. The zero-order chi connectivity index (χ0) is 11.7. The summed E-state index contributed by atoms with van der Waals surface area (Å²) in [5.74, 6) is -0.438. The summed E-state index contributed by atoms with van der Waals surface area (Å²) in [6.07, 6.45) is -1.14. The van der Waals surface area contributed by atoms with E-state index in [2.05, 4.69) is 0 Å². The average molecular weight is 220 g/mol. The van der Waals surface area contributed by atoms with Crippen LogP contribution in [0.2, 0.25) is 0 Å². The Morgan fingerprint density at radius 1 is 1.40 bits per heavy atom. The Labute approximate surface area is 90.3 Å². The van der Waals surface area contributed by atoms with E-state index < -0.39 is 12.1 Å². The van der Waals surface area contributed by atoms with Gasteiger partial charge in [0.2, 0.25) is 0 Å². The Hall–Kier alpha value is -0.650. The number of carbonyl (C=O) groups excluding carboxylic acids is 1. The van der Waals surface area contributed by atoms with Crippen molar-refractivity contribution in [2.24, 2.45) is 0 Å². The summed E-state index contributed by atoms with van der Waals surface area (Å²) >= 11 is 0. The van der Waals surface area contributed by atoms with Crippen LogP contribution in [-0.2, 0) is 19.0 Å². The highest BCUT2D eigenvalue weighted by Gasteiger charge is 2.14. The van der Waals surface area contributed by atoms with Gasteiger partial charge in [-0.25, -0.2) is 0 Å². The molecule has 0 saturated carbocycles. The Balaban J connectivity index is 3.63. The van der Waals surface area contributed by atoms with Crippen molar-refractivity contribution in [3.05, 3.63) is 0 Å². The molecule has 0 spiro atoms. The van der Waals surface area contributed by atoms with Crippen LogP contribution in [0.25, 0.3) is 0 Å². The van der Waals surface area contributed by atoms with E-state index in [1.54, 1.807) is 6.92 Å². The molecule has 0 saturated heterocycles. The number of carbonyl (C=O) groups is 1. The van der Waals surface area contributed by atoms with Gasteiger partial charge in [0.15, 0.2) is 0 Å². The lowest BCUT2D eigenvalue weighted by Crippen LogP contribution is -2.25. The van der Waals surface area contributed by atoms with Crippen LogP contribution in [0.4, 0.5) is 0 Å². The van der Waals surface area contributed by atoms with Gasteiger partial charge >= 0.3 is 5.97 Å². The maximum absolute atomic E-state index is 11.2. The number of hydrogen-bond donors (Lipinski definition) is 1. The molecule has 1 N–H and O–H groups in total. The summed E-state index contributed by atoms with van der Waals surface area (Å²) in [5, 5.41) is 9.34. The molecule has 2 atom stereocenters. The summed E-state index contributed by atoms with van der Waals surface area (Å²) < 4.78 is 14.7. The second kappa shape index (κ2) is 8.64.